The maximum Gasteiger partial charge on any atom is 0.255 e. The van der Waals surface area contributed by atoms with Crippen LogP contribution in [0.3, 0.4) is 0 Å². The molecule has 1 amide bonds. The summed E-state index contributed by atoms with van der Waals surface area (Å²) in [5, 5.41) is 3.73. The summed E-state index contributed by atoms with van der Waals surface area (Å²) in [5.41, 5.74) is 3.12. The third kappa shape index (κ3) is 4.81. The van der Waals surface area contributed by atoms with E-state index in [1.165, 1.54) is 0 Å². The van der Waals surface area contributed by atoms with Crippen LogP contribution in [-0.4, -0.2) is 29.4 Å². The lowest BCUT2D eigenvalue weighted by Crippen LogP contribution is -2.30. The molecule has 0 spiro atoms. The summed E-state index contributed by atoms with van der Waals surface area (Å²) in [6.07, 6.45) is 3.25. The van der Waals surface area contributed by atoms with Crippen LogP contribution < -0.4 is 10.1 Å². The van der Waals surface area contributed by atoms with Crippen LogP contribution in [0.15, 0.2) is 67.0 Å². The van der Waals surface area contributed by atoms with Gasteiger partial charge in [-0.3, -0.25) is 9.78 Å². The normalized spacial score (nSPS) is 10.4. The van der Waals surface area contributed by atoms with Gasteiger partial charge in [-0.2, -0.15) is 0 Å². The van der Waals surface area contributed by atoms with E-state index in [1.807, 2.05) is 43.3 Å². The molecule has 144 valence electrons. The van der Waals surface area contributed by atoms with Crippen LogP contribution in [-0.2, 0) is 6.54 Å². The number of hydrogen-bond donors (Lipinski definition) is 1. The minimum absolute atomic E-state index is 0.0599. The van der Waals surface area contributed by atoms with Gasteiger partial charge in [-0.15, -0.1) is 0 Å². The second-order valence-corrected chi connectivity index (χ2v) is 6.65. The molecule has 2 aromatic carbocycles. The molecule has 0 aliphatic carbocycles. The molecular formula is C22H22ClN3O2. The number of pyridine rings is 1. The third-order valence-electron chi connectivity index (χ3n) is 4.31. The minimum atomic E-state index is -0.0599. The van der Waals surface area contributed by atoms with Gasteiger partial charge in [0.2, 0.25) is 0 Å². The molecule has 0 saturated heterocycles. The Bertz CT molecular complexity index is 948. The van der Waals surface area contributed by atoms with E-state index in [1.54, 1.807) is 42.6 Å². The quantitative estimate of drug-likeness (QED) is 0.601. The van der Waals surface area contributed by atoms with Gasteiger partial charge in [0.1, 0.15) is 5.75 Å². The number of anilines is 2. The highest BCUT2D eigenvalue weighted by Crippen LogP contribution is 2.29. The van der Waals surface area contributed by atoms with Gasteiger partial charge in [0, 0.05) is 25.0 Å². The summed E-state index contributed by atoms with van der Waals surface area (Å²) in [7, 11) is 1.57. The third-order valence-corrected chi connectivity index (χ3v) is 4.61. The van der Waals surface area contributed by atoms with Crippen molar-refractivity contribution in [1.29, 1.82) is 0 Å². The summed E-state index contributed by atoms with van der Waals surface area (Å²) in [6, 6.07) is 17.1. The fourth-order valence-corrected chi connectivity index (χ4v) is 3.11. The predicted octanol–water partition coefficient (Wildman–Crippen LogP) is 5.15. The van der Waals surface area contributed by atoms with Crippen molar-refractivity contribution in [2.45, 2.75) is 13.5 Å². The standard InChI is InChI=1S/C22H22ClN3O2/c1-3-26(15-16-7-5-4-6-8-16)22(27)17-11-19(14-24-13-17)25-18-9-10-21(28-2)20(23)12-18/h4-14,25H,3,15H2,1-2H3. The Labute approximate surface area is 169 Å². The van der Waals surface area contributed by atoms with Crippen molar-refractivity contribution in [3.8, 4) is 5.75 Å². The molecule has 6 heteroatoms. The monoisotopic (exact) mass is 395 g/mol. The van der Waals surface area contributed by atoms with Gasteiger partial charge in [0.25, 0.3) is 5.91 Å². The van der Waals surface area contributed by atoms with E-state index in [0.29, 0.717) is 35.1 Å². The molecule has 1 N–H and O–H groups in total. The molecular weight excluding hydrogens is 374 g/mol. The molecule has 28 heavy (non-hydrogen) atoms. The number of hydrogen-bond acceptors (Lipinski definition) is 4. The van der Waals surface area contributed by atoms with Crippen molar-refractivity contribution in [2.24, 2.45) is 0 Å². The van der Waals surface area contributed by atoms with Gasteiger partial charge >= 0.3 is 0 Å². The Morgan fingerprint density at radius 2 is 1.89 bits per heavy atom. The molecule has 0 unspecified atom stereocenters. The van der Waals surface area contributed by atoms with E-state index < -0.39 is 0 Å². The molecule has 0 aliphatic heterocycles. The maximum atomic E-state index is 12.9. The number of nitrogens with one attached hydrogen (secondary N) is 1. The van der Waals surface area contributed by atoms with Crippen LogP contribution in [0.1, 0.15) is 22.8 Å². The summed E-state index contributed by atoms with van der Waals surface area (Å²) in [4.78, 5) is 18.9. The van der Waals surface area contributed by atoms with E-state index in [-0.39, 0.29) is 5.91 Å². The van der Waals surface area contributed by atoms with Crippen molar-refractivity contribution in [3.63, 3.8) is 0 Å². The van der Waals surface area contributed by atoms with E-state index in [4.69, 9.17) is 16.3 Å². The van der Waals surface area contributed by atoms with Crippen LogP contribution in [0.4, 0.5) is 11.4 Å². The number of aromatic nitrogens is 1. The molecule has 3 aromatic rings. The zero-order valence-corrected chi connectivity index (χ0v) is 16.6. The van der Waals surface area contributed by atoms with Gasteiger partial charge in [0.15, 0.2) is 0 Å². The van der Waals surface area contributed by atoms with Crippen LogP contribution in [0.5, 0.6) is 5.75 Å². The SMILES string of the molecule is CCN(Cc1ccccc1)C(=O)c1cncc(Nc2ccc(OC)c(Cl)c2)c1. The lowest BCUT2D eigenvalue weighted by Gasteiger charge is -2.21. The first-order valence-electron chi connectivity index (χ1n) is 8.99. The van der Waals surface area contributed by atoms with Gasteiger partial charge in [-0.05, 0) is 36.8 Å². The number of amides is 1. The Morgan fingerprint density at radius 3 is 2.57 bits per heavy atom. The van der Waals surface area contributed by atoms with Gasteiger partial charge < -0.3 is 15.0 Å². The number of carbonyl (C=O) groups is 1. The smallest absolute Gasteiger partial charge is 0.255 e. The van der Waals surface area contributed by atoms with Crippen LogP contribution in [0.2, 0.25) is 5.02 Å². The number of methoxy groups -OCH3 is 1. The van der Waals surface area contributed by atoms with Crippen LogP contribution in [0, 0.1) is 0 Å². The van der Waals surface area contributed by atoms with E-state index in [9.17, 15) is 4.79 Å². The summed E-state index contributed by atoms with van der Waals surface area (Å²) in [6.45, 7) is 3.14. The predicted molar refractivity (Wildman–Crippen MR) is 112 cm³/mol. The molecule has 0 atom stereocenters. The van der Waals surface area contributed by atoms with E-state index in [2.05, 4.69) is 10.3 Å². The molecule has 3 rings (SSSR count). The fourth-order valence-electron chi connectivity index (χ4n) is 2.85. The Morgan fingerprint density at radius 1 is 1.11 bits per heavy atom. The van der Waals surface area contributed by atoms with Crippen LogP contribution >= 0.6 is 11.6 Å². The Balaban J connectivity index is 1.76. The summed E-state index contributed by atoms with van der Waals surface area (Å²) < 4.78 is 5.17. The zero-order chi connectivity index (χ0) is 19.9. The first kappa shape index (κ1) is 19.7. The van der Waals surface area contributed by atoms with E-state index in [0.717, 1.165) is 11.3 Å². The zero-order valence-electron chi connectivity index (χ0n) is 15.9. The molecule has 0 aliphatic rings. The number of nitrogens with zero attached hydrogens (tertiary/aromatic N) is 2. The lowest BCUT2D eigenvalue weighted by atomic mass is 10.2. The second-order valence-electron chi connectivity index (χ2n) is 6.24. The number of ether oxygens (including phenoxy) is 1. The van der Waals surface area contributed by atoms with Crippen molar-refractivity contribution < 1.29 is 9.53 Å². The minimum Gasteiger partial charge on any atom is -0.495 e. The molecule has 0 saturated carbocycles. The highest BCUT2D eigenvalue weighted by atomic mass is 35.5. The summed E-state index contributed by atoms with van der Waals surface area (Å²) >= 11 is 6.17. The second kappa shape index (κ2) is 9.24. The molecule has 0 fully saturated rings. The first-order chi connectivity index (χ1) is 13.6. The number of halogens is 1. The van der Waals surface area contributed by atoms with Crippen molar-refractivity contribution in [3.05, 3.63) is 83.1 Å². The average molecular weight is 396 g/mol. The highest BCUT2D eigenvalue weighted by Gasteiger charge is 2.15. The fraction of sp³-hybridized carbons (Fsp3) is 0.182. The van der Waals surface area contributed by atoms with E-state index >= 15 is 0 Å². The average Bonchev–Trinajstić information content (AvgIpc) is 2.72. The van der Waals surface area contributed by atoms with Crippen LogP contribution in [0.25, 0.3) is 0 Å². The first-order valence-corrected chi connectivity index (χ1v) is 9.37. The van der Waals surface area contributed by atoms with Crippen molar-refractivity contribution in [2.75, 3.05) is 19.0 Å². The number of rotatable bonds is 7. The lowest BCUT2D eigenvalue weighted by molar-refractivity contribution is 0.0752. The Kier molecular flexibility index (Phi) is 6.50. The molecule has 0 radical (unpaired) electrons. The summed E-state index contributed by atoms with van der Waals surface area (Å²) in [5.74, 6) is 0.545. The number of benzene rings is 2. The van der Waals surface area contributed by atoms with Gasteiger partial charge in [0.05, 0.1) is 29.6 Å². The van der Waals surface area contributed by atoms with Gasteiger partial charge in [-0.1, -0.05) is 41.9 Å². The topological polar surface area (TPSA) is 54.5 Å². The molecule has 1 aromatic heterocycles. The largest absolute Gasteiger partial charge is 0.495 e. The van der Waals surface area contributed by atoms with Crippen molar-refractivity contribution in [1.82, 2.24) is 9.88 Å². The molecule has 1 heterocycles. The number of carbonyl (C=O) groups excluding carboxylic acids is 1. The maximum absolute atomic E-state index is 12.9. The Hall–Kier alpha value is -3.05. The molecule has 5 nitrogen and oxygen atoms in total. The van der Waals surface area contributed by atoms with Gasteiger partial charge in [-0.25, -0.2) is 0 Å². The highest BCUT2D eigenvalue weighted by molar-refractivity contribution is 6.32. The van der Waals surface area contributed by atoms with Crippen molar-refractivity contribution >= 4 is 28.9 Å². The molecule has 0 bridgehead atoms.